The van der Waals surface area contributed by atoms with Crippen molar-refractivity contribution in [2.24, 2.45) is 5.92 Å². The maximum absolute atomic E-state index is 12.4. The Balaban J connectivity index is 1.55. The summed E-state index contributed by atoms with van der Waals surface area (Å²) in [5, 5.41) is 0. The fraction of sp³-hybridized carbons (Fsp3) is 0.632. The van der Waals surface area contributed by atoms with E-state index in [1.807, 2.05) is 11.0 Å². The standard InChI is InChI=1S/C19H29N3O2/c1-15-3-2-8-22(14-15)19(23)7-5-16-4-6-18(17(20)13-16)21-9-11-24-12-10-21/h4,6,13,15H,2-3,5,7-12,14,20H2,1H3. The number of rotatable bonds is 4. The Morgan fingerprint density at radius 2 is 2.08 bits per heavy atom. The first-order chi connectivity index (χ1) is 11.6. The zero-order chi connectivity index (χ0) is 16.9. The van der Waals surface area contributed by atoms with E-state index in [9.17, 15) is 4.79 Å². The molecule has 5 nitrogen and oxygen atoms in total. The maximum atomic E-state index is 12.4. The van der Waals surface area contributed by atoms with Crippen LogP contribution in [0.4, 0.5) is 11.4 Å². The number of ether oxygens (including phenoxy) is 1. The Hall–Kier alpha value is -1.75. The molecule has 1 unspecified atom stereocenters. The average molecular weight is 331 g/mol. The molecule has 2 aliphatic heterocycles. The Morgan fingerprint density at radius 1 is 1.29 bits per heavy atom. The van der Waals surface area contributed by atoms with Crippen LogP contribution < -0.4 is 10.6 Å². The van der Waals surface area contributed by atoms with Crippen molar-refractivity contribution in [2.45, 2.75) is 32.6 Å². The van der Waals surface area contributed by atoms with Crippen molar-refractivity contribution in [1.29, 1.82) is 0 Å². The molecule has 2 fully saturated rings. The maximum Gasteiger partial charge on any atom is 0.222 e. The molecule has 0 bridgehead atoms. The van der Waals surface area contributed by atoms with Gasteiger partial charge in [0.05, 0.1) is 24.6 Å². The third kappa shape index (κ3) is 4.20. The molecule has 2 heterocycles. The second kappa shape index (κ2) is 7.88. The van der Waals surface area contributed by atoms with Crippen LogP contribution in [0.3, 0.4) is 0 Å². The highest BCUT2D eigenvalue weighted by molar-refractivity contribution is 5.77. The van der Waals surface area contributed by atoms with Gasteiger partial charge in [0, 0.05) is 32.6 Å². The van der Waals surface area contributed by atoms with Gasteiger partial charge in [-0.25, -0.2) is 0 Å². The lowest BCUT2D eigenvalue weighted by molar-refractivity contribution is -0.132. The van der Waals surface area contributed by atoms with Crippen LogP contribution in [0.25, 0.3) is 0 Å². The number of nitrogen functional groups attached to an aromatic ring is 1. The molecule has 0 aromatic heterocycles. The van der Waals surface area contributed by atoms with Gasteiger partial charge in [-0.15, -0.1) is 0 Å². The molecule has 2 N–H and O–H groups in total. The molecule has 1 atom stereocenters. The minimum Gasteiger partial charge on any atom is -0.397 e. The Bertz CT molecular complexity index is 570. The molecule has 0 aliphatic carbocycles. The van der Waals surface area contributed by atoms with Gasteiger partial charge in [-0.05, 0) is 42.9 Å². The van der Waals surface area contributed by atoms with Crippen molar-refractivity contribution in [1.82, 2.24) is 4.90 Å². The molecule has 2 saturated heterocycles. The zero-order valence-electron chi connectivity index (χ0n) is 14.7. The number of anilines is 2. The number of nitrogens with zero attached hydrogens (tertiary/aromatic N) is 2. The zero-order valence-corrected chi connectivity index (χ0v) is 14.7. The van der Waals surface area contributed by atoms with Gasteiger partial charge in [0.1, 0.15) is 0 Å². The molecule has 0 spiro atoms. The summed E-state index contributed by atoms with van der Waals surface area (Å²) in [5.41, 5.74) is 9.26. The highest BCUT2D eigenvalue weighted by Gasteiger charge is 2.20. The van der Waals surface area contributed by atoms with Crippen LogP contribution >= 0.6 is 0 Å². The fourth-order valence-corrected chi connectivity index (χ4v) is 3.68. The van der Waals surface area contributed by atoms with E-state index >= 15 is 0 Å². The topological polar surface area (TPSA) is 58.8 Å². The average Bonchev–Trinajstić information content (AvgIpc) is 2.60. The van der Waals surface area contributed by atoms with Crippen molar-refractivity contribution in [3.8, 4) is 0 Å². The number of benzene rings is 1. The highest BCUT2D eigenvalue weighted by Crippen LogP contribution is 2.26. The minimum atomic E-state index is 0.275. The normalized spacial score (nSPS) is 21.8. The number of carbonyl (C=O) groups is 1. The summed E-state index contributed by atoms with van der Waals surface area (Å²) in [4.78, 5) is 16.7. The van der Waals surface area contributed by atoms with E-state index in [0.29, 0.717) is 12.3 Å². The summed E-state index contributed by atoms with van der Waals surface area (Å²) in [7, 11) is 0. The molecular formula is C19H29N3O2. The number of aryl methyl sites for hydroxylation is 1. The van der Waals surface area contributed by atoms with Gasteiger partial charge in [0.15, 0.2) is 0 Å². The number of carbonyl (C=O) groups excluding carboxylic acids is 1. The van der Waals surface area contributed by atoms with Crippen molar-refractivity contribution < 1.29 is 9.53 Å². The summed E-state index contributed by atoms with van der Waals surface area (Å²) >= 11 is 0. The molecular weight excluding hydrogens is 302 g/mol. The molecule has 3 rings (SSSR count). The summed E-state index contributed by atoms with van der Waals surface area (Å²) in [5.74, 6) is 0.906. The van der Waals surface area contributed by atoms with Crippen LogP contribution in [-0.4, -0.2) is 50.2 Å². The number of morpholine rings is 1. The molecule has 132 valence electrons. The monoisotopic (exact) mass is 331 g/mol. The van der Waals surface area contributed by atoms with Gasteiger partial charge >= 0.3 is 0 Å². The van der Waals surface area contributed by atoms with E-state index in [0.717, 1.165) is 69.2 Å². The lowest BCUT2D eigenvalue weighted by Crippen LogP contribution is -2.39. The summed E-state index contributed by atoms with van der Waals surface area (Å²) in [6, 6.07) is 6.22. The van der Waals surface area contributed by atoms with Crippen LogP contribution in [0.15, 0.2) is 18.2 Å². The summed E-state index contributed by atoms with van der Waals surface area (Å²) in [6.07, 6.45) is 3.71. The largest absolute Gasteiger partial charge is 0.397 e. The number of nitrogens with two attached hydrogens (primary N) is 1. The van der Waals surface area contributed by atoms with Gasteiger partial charge in [-0.1, -0.05) is 13.0 Å². The van der Waals surface area contributed by atoms with Gasteiger partial charge in [0.2, 0.25) is 5.91 Å². The molecule has 1 aromatic rings. The van der Waals surface area contributed by atoms with E-state index in [1.54, 1.807) is 0 Å². The first kappa shape index (κ1) is 17.1. The molecule has 0 radical (unpaired) electrons. The quantitative estimate of drug-likeness (QED) is 0.860. The van der Waals surface area contributed by atoms with Crippen LogP contribution in [0, 0.1) is 5.92 Å². The SMILES string of the molecule is CC1CCCN(C(=O)CCc2ccc(N3CCOCC3)c(N)c2)C1. The Kier molecular flexibility index (Phi) is 5.61. The van der Waals surface area contributed by atoms with Crippen molar-refractivity contribution in [2.75, 3.05) is 50.0 Å². The van der Waals surface area contributed by atoms with Crippen molar-refractivity contribution in [3.05, 3.63) is 23.8 Å². The van der Waals surface area contributed by atoms with Gasteiger partial charge < -0.3 is 20.3 Å². The van der Waals surface area contributed by atoms with E-state index in [1.165, 1.54) is 6.42 Å². The lowest BCUT2D eigenvalue weighted by Gasteiger charge is -2.31. The van der Waals surface area contributed by atoms with Gasteiger partial charge in [-0.3, -0.25) is 4.79 Å². The number of hydrogen-bond acceptors (Lipinski definition) is 4. The minimum absolute atomic E-state index is 0.275. The van der Waals surface area contributed by atoms with Crippen LogP contribution in [0.2, 0.25) is 0 Å². The van der Waals surface area contributed by atoms with E-state index < -0.39 is 0 Å². The van der Waals surface area contributed by atoms with Crippen LogP contribution in [-0.2, 0) is 16.0 Å². The van der Waals surface area contributed by atoms with E-state index in [-0.39, 0.29) is 5.91 Å². The molecule has 2 aliphatic rings. The van der Waals surface area contributed by atoms with Crippen molar-refractivity contribution in [3.63, 3.8) is 0 Å². The summed E-state index contributed by atoms with van der Waals surface area (Å²) in [6.45, 7) is 7.33. The number of hydrogen-bond donors (Lipinski definition) is 1. The first-order valence-corrected chi connectivity index (χ1v) is 9.12. The van der Waals surface area contributed by atoms with Crippen molar-refractivity contribution >= 4 is 17.3 Å². The molecule has 0 saturated carbocycles. The molecule has 1 amide bonds. The fourth-order valence-electron chi connectivity index (χ4n) is 3.68. The highest BCUT2D eigenvalue weighted by atomic mass is 16.5. The smallest absolute Gasteiger partial charge is 0.222 e. The number of amides is 1. The lowest BCUT2D eigenvalue weighted by atomic mass is 9.99. The number of likely N-dealkylation sites (tertiary alicyclic amines) is 1. The van der Waals surface area contributed by atoms with Crippen LogP contribution in [0.1, 0.15) is 31.7 Å². The predicted octanol–water partition coefficient (Wildman–Crippen LogP) is 2.30. The Morgan fingerprint density at radius 3 is 2.79 bits per heavy atom. The first-order valence-electron chi connectivity index (χ1n) is 9.12. The van der Waals surface area contributed by atoms with E-state index in [4.69, 9.17) is 10.5 Å². The molecule has 5 heteroatoms. The van der Waals surface area contributed by atoms with Gasteiger partial charge in [0.25, 0.3) is 0 Å². The molecule has 24 heavy (non-hydrogen) atoms. The van der Waals surface area contributed by atoms with E-state index in [2.05, 4.69) is 24.0 Å². The summed E-state index contributed by atoms with van der Waals surface area (Å²) < 4.78 is 5.39. The van der Waals surface area contributed by atoms with Gasteiger partial charge in [-0.2, -0.15) is 0 Å². The Labute approximate surface area is 144 Å². The third-order valence-corrected chi connectivity index (χ3v) is 5.08. The second-order valence-electron chi connectivity index (χ2n) is 7.08. The third-order valence-electron chi connectivity index (χ3n) is 5.08. The van der Waals surface area contributed by atoms with Crippen LogP contribution in [0.5, 0.6) is 0 Å². The molecule has 1 aromatic carbocycles. The second-order valence-corrected chi connectivity index (χ2v) is 7.08. The predicted molar refractivity (Wildman–Crippen MR) is 97.2 cm³/mol. The number of piperidine rings is 1.